The first-order chi connectivity index (χ1) is 11.2. The van der Waals surface area contributed by atoms with Gasteiger partial charge in [-0.3, -0.25) is 4.79 Å². The first-order valence-corrected chi connectivity index (χ1v) is 8.67. The molecule has 1 N–H and O–H groups in total. The number of hydrogen-bond acceptors (Lipinski definition) is 3. The molecule has 0 unspecified atom stereocenters. The number of amides is 1. The van der Waals surface area contributed by atoms with Crippen LogP contribution in [0.3, 0.4) is 0 Å². The molecule has 1 aliphatic rings. The summed E-state index contributed by atoms with van der Waals surface area (Å²) in [7, 11) is 0. The van der Waals surface area contributed by atoms with Crippen LogP contribution in [0.25, 0.3) is 0 Å². The summed E-state index contributed by atoms with van der Waals surface area (Å²) in [6, 6.07) is 5.65. The minimum absolute atomic E-state index is 0.124. The predicted molar refractivity (Wildman–Crippen MR) is 91.1 cm³/mol. The molecule has 4 nitrogen and oxygen atoms in total. The molecule has 23 heavy (non-hydrogen) atoms. The number of nitrogens with one attached hydrogen (secondary N) is 1. The summed E-state index contributed by atoms with van der Waals surface area (Å²) in [6.45, 7) is 9.93. The van der Waals surface area contributed by atoms with Gasteiger partial charge in [-0.2, -0.15) is 0 Å². The van der Waals surface area contributed by atoms with Crippen molar-refractivity contribution in [3.8, 4) is 0 Å². The molecule has 2 rings (SSSR count). The third-order valence-corrected chi connectivity index (χ3v) is 4.46. The summed E-state index contributed by atoms with van der Waals surface area (Å²) in [4.78, 5) is 16.9. The van der Waals surface area contributed by atoms with E-state index in [4.69, 9.17) is 0 Å². The fourth-order valence-corrected chi connectivity index (χ4v) is 2.87. The number of halogens is 1. The number of piperazine rings is 1. The van der Waals surface area contributed by atoms with Crippen LogP contribution in [0, 0.1) is 5.82 Å². The Morgan fingerprint density at radius 3 is 2.35 bits per heavy atom. The van der Waals surface area contributed by atoms with Crippen LogP contribution in [0.15, 0.2) is 24.3 Å². The molecule has 5 heteroatoms. The molecule has 0 radical (unpaired) electrons. The van der Waals surface area contributed by atoms with E-state index in [9.17, 15) is 9.18 Å². The summed E-state index contributed by atoms with van der Waals surface area (Å²) in [5.41, 5.74) is 0.514. The molecular formula is C18H28FN3O. The minimum atomic E-state index is -0.318. The van der Waals surface area contributed by atoms with Crippen LogP contribution in [0.2, 0.25) is 0 Å². The zero-order chi connectivity index (χ0) is 16.5. The van der Waals surface area contributed by atoms with Gasteiger partial charge in [-0.1, -0.05) is 13.3 Å². The molecule has 0 spiro atoms. The van der Waals surface area contributed by atoms with Gasteiger partial charge in [0.2, 0.25) is 0 Å². The van der Waals surface area contributed by atoms with Gasteiger partial charge in [0.25, 0.3) is 5.91 Å². The van der Waals surface area contributed by atoms with Crippen LogP contribution in [0.4, 0.5) is 4.39 Å². The SMILES string of the molecule is CCN1CCN(CCCCCNC(=O)c2ccc(F)cc2)CC1. The Balaban J connectivity index is 1.51. The molecule has 0 bridgehead atoms. The van der Waals surface area contributed by atoms with Gasteiger partial charge >= 0.3 is 0 Å². The number of carbonyl (C=O) groups excluding carboxylic acids is 1. The largest absolute Gasteiger partial charge is 0.352 e. The van der Waals surface area contributed by atoms with E-state index in [0.29, 0.717) is 12.1 Å². The highest BCUT2D eigenvalue weighted by Gasteiger charge is 2.14. The Morgan fingerprint density at radius 1 is 1.04 bits per heavy atom. The van der Waals surface area contributed by atoms with Crippen molar-refractivity contribution in [3.63, 3.8) is 0 Å². The highest BCUT2D eigenvalue weighted by Crippen LogP contribution is 2.05. The van der Waals surface area contributed by atoms with Crippen molar-refractivity contribution in [2.75, 3.05) is 45.8 Å². The van der Waals surface area contributed by atoms with Gasteiger partial charge in [0, 0.05) is 38.3 Å². The standard InChI is InChI=1S/C18H28FN3O/c1-2-21-12-14-22(15-13-21)11-5-3-4-10-20-18(23)16-6-8-17(19)9-7-16/h6-9H,2-5,10-15H2,1H3,(H,20,23). The van der Waals surface area contributed by atoms with Crippen LogP contribution in [-0.4, -0.2) is 61.5 Å². The van der Waals surface area contributed by atoms with E-state index in [0.717, 1.165) is 25.9 Å². The second-order valence-electron chi connectivity index (χ2n) is 6.10. The Labute approximate surface area is 138 Å². The van der Waals surface area contributed by atoms with Gasteiger partial charge in [0.05, 0.1) is 0 Å². The van der Waals surface area contributed by atoms with E-state index in [-0.39, 0.29) is 11.7 Å². The van der Waals surface area contributed by atoms with E-state index >= 15 is 0 Å². The van der Waals surface area contributed by atoms with Crippen molar-refractivity contribution in [3.05, 3.63) is 35.6 Å². The fraction of sp³-hybridized carbons (Fsp3) is 0.611. The van der Waals surface area contributed by atoms with Crippen LogP contribution in [-0.2, 0) is 0 Å². The van der Waals surface area contributed by atoms with Crippen LogP contribution in [0.5, 0.6) is 0 Å². The average Bonchev–Trinajstić information content (AvgIpc) is 2.59. The number of likely N-dealkylation sites (N-methyl/N-ethyl adjacent to an activating group) is 1. The van der Waals surface area contributed by atoms with E-state index in [1.807, 2.05) is 0 Å². The van der Waals surface area contributed by atoms with Crippen LogP contribution >= 0.6 is 0 Å². The van der Waals surface area contributed by atoms with Gasteiger partial charge in [0.1, 0.15) is 5.82 Å². The molecule has 0 aromatic heterocycles. The first-order valence-electron chi connectivity index (χ1n) is 8.67. The van der Waals surface area contributed by atoms with Crippen molar-refractivity contribution in [1.82, 2.24) is 15.1 Å². The van der Waals surface area contributed by atoms with Crippen LogP contribution in [0.1, 0.15) is 36.5 Å². The van der Waals surface area contributed by atoms with Gasteiger partial charge in [-0.15, -0.1) is 0 Å². The molecule has 1 amide bonds. The van der Waals surface area contributed by atoms with Gasteiger partial charge in [-0.05, 0) is 50.2 Å². The van der Waals surface area contributed by atoms with Gasteiger partial charge in [0.15, 0.2) is 0 Å². The third kappa shape index (κ3) is 6.28. The van der Waals surface area contributed by atoms with Crippen LogP contribution < -0.4 is 5.32 Å². The van der Waals surface area contributed by atoms with E-state index in [2.05, 4.69) is 22.0 Å². The highest BCUT2D eigenvalue weighted by atomic mass is 19.1. The molecular weight excluding hydrogens is 293 g/mol. The summed E-state index contributed by atoms with van der Waals surface area (Å²) in [5, 5.41) is 2.89. The van der Waals surface area contributed by atoms with E-state index < -0.39 is 0 Å². The normalized spacial score (nSPS) is 16.4. The molecule has 0 saturated carbocycles. The molecule has 1 fully saturated rings. The van der Waals surface area contributed by atoms with Crippen molar-refractivity contribution < 1.29 is 9.18 Å². The minimum Gasteiger partial charge on any atom is -0.352 e. The lowest BCUT2D eigenvalue weighted by Gasteiger charge is -2.33. The molecule has 0 aliphatic carbocycles. The lowest BCUT2D eigenvalue weighted by Crippen LogP contribution is -2.46. The van der Waals surface area contributed by atoms with Crippen molar-refractivity contribution in [2.45, 2.75) is 26.2 Å². The lowest BCUT2D eigenvalue weighted by molar-refractivity contribution is 0.0952. The van der Waals surface area contributed by atoms with E-state index in [1.54, 1.807) is 0 Å². The third-order valence-electron chi connectivity index (χ3n) is 4.46. The maximum atomic E-state index is 12.8. The number of hydrogen-bond donors (Lipinski definition) is 1. The second kappa shape index (κ2) is 9.63. The molecule has 1 aromatic carbocycles. The predicted octanol–water partition coefficient (Wildman–Crippen LogP) is 2.36. The fourth-order valence-electron chi connectivity index (χ4n) is 2.87. The second-order valence-corrected chi connectivity index (χ2v) is 6.10. The molecule has 128 valence electrons. The Bertz CT molecular complexity index is 470. The maximum Gasteiger partial charge on any atom is 0.251 e. The first kappa shape index (κ1) is 17.9. The van der Waals surface area contributed by atoms with E-state index in [1.165, 1.54) is 56.9 Å². The smallest absolute Gasteiger partial charge is 0.251 e. The number of benzene rings is 1. The molecule has 1 saturated heterocycles. The van der Waals surface area contributed by atoms with Crippen molar-refractivity contribution >= 4 is 5.91 Å². The van der Waals surface area contributed by atoms with Crippen molar-refractivity contribution in [1.29, 1.82) is 0 Å². The Morgan fingerprint density at radius 2 is 1.70 bits per heavy atom. The summed E-state index contributed by atoms with van der Waals surface area (Å²) < 4.78 is 12.8. The number of unbranched alkanes of at least 4 members (excludes halogenated alkanes) is 2. The molecule has 1 heterocycles. The van der Waals surface area contributed by atoms with Gasteiger partial charge < -0.3 is 15.1 Å². The summed E-state index contributed by atoms with van der Waals surface area (Å²) in [5.74, 6) is -0.443. The highest BCUT2D eigenvalue weighted by molar-refractivity contribution is 5.94. The Kier molecular flexibility index (Phi) is 7.49. The molecule has 1 aliphatic heterocycles. The zero-order valence-corrected chi connectivity index (χ0v) is 14.1. The molecule has 1 aromatic rings. The number of rotatable bonds is 8. The number of nitrogens with zero attached hydrogens (tertiary/aromatic N) is 2. The monoisotopic (exact) mass is 321 g/mol. The van der Waals surface area contributed by atoms with Gasteiger partial charge in [-0.25, -0.2) is 4.39 Å². The quantitative estimate of drug-likeness (QED) is 0.747. The van der Waals surface area contributed by atoms with Crippen molar-refractivity contribution in [2.24, 2.45) is 0 Å². The lowest BCUT2D eigenvalue weighted by atomic mass is 10.2. The molecule has 0 atom stereocenters. The maximum absolute atomic E-state index is 12.8. The average molecular weight is 321 g/mol. The number of carbonyl (C=O) groups is 1. The zero-order valence-electron chi connectivity index (χ0n) is 14.1. The topological polar surface area (TPSA) is 35.6 Å². The Hall–Kier alpha value is -1.46. The summed E-state index contributed by atoms with van der Waals surface area (Å²) >= 11 is 0. The summed E-state index contributed by atoms with van der Waals surface area (Å²) in [6.07, 6.45) is 3.29.